The minimum Gasteiger partial charge on any atom is -0.390 e. The van der Waals surface area contributed by atoms with Crippen LogP contribution in [0.4, 0.5) is 5.69 Å². The number of nitrogens with one attached hydrogen (secondary N) is 2. The molecule has 2 aromatic carbocycles. The number of hydrogen-bond donors (Lipinski definition) is 4. The maximum atomic E-state index is 10.4. The lowest BCUT2D eigenvalue weighted by Crippen LogP contribution is -2.44. The molecule has 23 heavy (non-hydrogen) atoms. The van der Waals surface area contributed by atoms with Crippen molar-refractivity contribution >= 4 is 5.69 Å². The molecular weight excluding hydrogens is 286 g/mol. The predicted molar refractivity (Wildman–Crippen MR) is 94.4 cm³/mol. The lowest BCUT2D eigenvalue weighted by molar-refractivity contribution is 0.137. The van der Waals surface area contributed by atoms with E-state index in [2.05, 4.69) is 28.8 Å². The van der Waals surface area contributed by atoms with Crippen molar-refractivity contribution in [2.75, 3.05) is 18.4 Å². The summed E-state index contributed by atoms with van der Waals surface area (Å²) in [6.07, 6.45) is 1.14. The lowest BCUT2D eigenvalue weighted by atomic mass is 9.97. The zero-order chi connectivity index (χ0) is 16.1. The Bertz CT molecular complexity index is 617. The van der Waals surface area contributed by atoms with Gasteiger partial charge in [-0.25, -0.2) is 0 Å². The van der Waals surface area contributed by atoms with Gasteiger partial charge in [-0.3, -0.25) is 0 Å². The second kappa shape index (κ2) is 7.59. The van der Waals surface area contributed by atoms with E-state index < -0.39 is 6.10 Å². The van der Waals surface area contributed by atoms with Crippen LogP contribution in [0.5, 0.6) is 0 Å². The molecule has 122 valence electrons. The Hall–Kier alpha value is -1.88. The van der Waals surface area contributed by atoms with E-state index in [0.717, 1.165) is 18.5 Å². The smallest absolute Gasteiger partial charge is 0.0818 e. The quantitative estimate of drug-likeness (QED) is 0.659. The average molecular weight is 311 g/mol. The van der Waals surface area contributed by atoms with E-state index in [1.165, 1.54) is 11.3 Å². The molecule has 0 saturated heterocycles. The minimum atomic E-state index is -0.558. The van der Waals surface area contributed by atoms with Crippen LogP contribution in [0.25, 0.3) is 0 Å². The second-order valence-electron chi connectivity index (χ2n) is 6.18. The Morgan fingerprint density at radius 3 is 2.70 bits per heavy atom. The summed E-state index contributed by atoms with van der Waals surface area (Å²) in [6, 6.07) is 18.4. The highest BCUT2D eigenvalue weighted by atomic mass is 16.3. The Kier molecular flexibility index (Phi) is 5.28. The van der Waals surface area contributed by atoms with Crippen LogP contribution in [0.2, 0.25) is 0 Å². The molecule has 5 N–H and O–H groups in total. The molecule has 0 aromatic heterocycles. The third kappa shape index (κ3) is 4.10. The van der Waals surface area contributed by atoms with Crippen molar-refractivity contribution in [3.05, 3.63) is 65.7 Å². The van der Waals surface area contributed by atoms with Crippen molar-refractivity contribution in [1.82, 2.24) is 5.32 Å². The highest BCUT2D eigenvalue weighted by Gasteiger charge is 2.21. The molecule has 2 aromatic rings. The van der Waals surface area contributed by atoms with Crippen molar-refractivity contribution in [2.45, 2.75) is 31.0 Å². The van der Waals surface area contributed by atoms with Crippen molar-refractivity contribution in [1.29, 1.82) is 0 Å². The highest BCUT2D eigenvalue weighted by Crippen LogP contribution is 2.29. The molecule has 4 nitrogen and oxygen atoms in total. The predicted octanol–water partition coefficient (Wildman–Crippen LogP) is 2.06. The number of aliphatic hydroxyl groups is 1. The van der Waals surface area contributed by atoms with E-state index in [-0.39, 0.29) is 12.1 Å². The molecular formula is C19H25N3O. The van der Waals surface area contributed by atoms with Gasteiger partial charge in [0.1, 0.15) is 0 Å². The van der Waals surface area contributed by atoms with Crippen LogP contribution in [0.15, 0.2) is 54.6 Å². The summed E-state index contributed by atoms with van der Waals surface area (Å²) in [6.45, 7) is 1.45. The third-order valence-corrected chi connectivity index (χ3v) is 4.47. The van der Waals surface area contributed by atoms with Crippen LogP contribution in [0.1, 0.15) is 23.6 Å². The molecule has 3 atom stereocenters. The van der Waals surface area contributed by atoms with Crippen LogP contribution in [-0.2, 0) is 6.42 Å². The maximum absolute atomic E-state index is 10.4. The fourth-order valence-electron chi connectivity index (χ4n) is 3.12. The standard InChI is InChI=1S/C19H25N3O/c20-16(12-14-6-2-1-3-7-14)19(23)13-22-18-10-11-21-17-9-5-4-8-15(17)18/h1-9,16,18-19,21-23H,10-13,20H2/t16-,18?,19+/m0/s1. The van der Waals surface area contributed by atoms with Gasteiger partial charge < -0.3 is 21.5 Å². The largest absolute Gasteiger partial charge is 0.390 e. The summed E-state index contributed by atoms with van der Waals surface area (Å²) in [4.78, 5) is 0. The van der Waals surface area contributed by atoms with Crippen LogP contribution in [0, 0.1) is 0 Å². The van der Waals surface area contributed by atoms with E-state index in [4.69, 9.17) is 5.73 Å². The fraction of sp³-hybridized carbons (Fsp3) is 0.368. The molecule has 1 aliphatic rings. The van der Waals surface area contributed by atoms with E-state index in [9.17, 15) is 5.11 Å². The first kappa shape index (κ1) is 16.0. The monoisotopic (exact) mass is 311 g/mol. The Labute approximate surface area is 137 Å². The summed E-state index contributed by atoms with van der Waals surface area (Å²) in [5.74, 6) is 0. The highest BCUT2D eigenvalue weighted by molar-refractivity contribution is 5.54. The Morgan fingerprint density at radius 1 is 1.13 bits per heavy atom. The molecule has 0 aliphatic carbocycles. The second-order valence-corrected chi connectivity index (χ2v) is 6.18. The van der Waals surface area contributed by atoms with E-state index >= 15 is 0 Å². The van der Waals surface area contributed by atoms with Gasteiger partial charge in [0.15, 0.2) is 0 Å². The minimum absolute atomic E-state index is 0.262. The van der Waals surface area contributed by atoms with Crippen LogP contribution in [-0.4, -0.2) is 30.3 Å². The van der Waals surface area contributed by atoms with Gasteiger partial charge in [0, 0.05) is 30.9 Å². The molecule has 0 fully saturated rings. The van der Waals surface area contributed by atoms with Crippen molar-refractivity contribution in [2.24, 2.45) is 5.73 Å². The number of rotatable bonds is 6. The van der Waals surface area contributed by atoms with Crippen molar-refractivity contribution in [3.8, 4) is 0 Å². The van der Waals surface area contributed by atoms with Gasteiger partial charge >= 0.3 is 0 Å². The maximum Gasteiger partial charge on any atom is 0.0818 e. The first-order chi connectivity index (χ1) is 11.2. The number of fused-ring (bicyclic) bond motifs is 1. The number of nitrogens with two attached hydrogens (primary N) is 1. The van der Waals surface area contributed by atoms with E-state index in [1.54, 1.807) is 0 Å². The normalized spacial score (nSPS) is 19.5. The molecule has 1 aliphatic heterocycles. The van der Waals surface area contributed by atoms with Crippen LogP contribution >= 0.6 is 0 Å². The molecule has 4 heteroatoms. The molecule has 0 radical (unpaired) electrons. The Balaban J connectivity index is 1.54. The summed E-state index contributed by atoms with van der Waals surface area (Å²) in [5, 5.41) is 17.2. The number of hydrogen-bond acceptors (Lipinski definition) is 4. The van der Waals surface area contributed by atoms with E-state index in [0.29, 0.717) is 13.0 Å². The van der Waals surface area contributed by atoms with Gasteiger partial charge in [-0.2, -0.15) is 0 Å². The topological polar surface area (TPSA) is 70.3 Å². The van der Waals surface area contributed by atoms with Gasteiger partial charge in [0.25, 0.3) is 0 Å². The van der Waals surface area contributed by atoms with Gasteiger partial charge in [0.05, 0.1) is 6.10 Å². The zero-order valence-electron chi connectivity index (χ0n) is 13.3. The Morgan fingerprint density at radius 2 is 1.87 bits per heavy atom. The number of para-hydroxylation sites is 1. The SMILES string of the molecule is N[C@@H](Cc1ccccc1)[C@H](O)CNC1CCNc2ccccc21. The van der Waals surface area contributed by atoms with Gasteiger partial charge in [-0.15, -0.1) is 0 Å². The zero-order valence-corrected chi connectivity index (χ0v) is 13.3. The van der Waals surface area contributed by atoms with Gasteiger partial charge in [0.2, 0.25) is 0 Å². The van der Waals surface area contributed by atoms with Gasteiger partial charge in [-0.05, 0) is 30.0 Å². The van der Waals surface area contributed by atoms with Crippen LogP contribution < -0.4 is 16.4 Å². The molecule has 0 spiro atoms. The van der Waals surface area contributed by atoms with Gasteiger partial charge in [-0.1, -0.05) is 48.5 Å². The van der Waals surface area contributed by atoms with Crippen molar-refractivity contribution in [3.63, 3.8) is 0 Å². The summed E-state index contributed by atoms with van der Waals surface area (Å²) < 4.78 is 0. The fourth-order valence-corrected chi connectivity index (χ4v) is 3.12. The van der Waals surface area contributed by atoms with E-state index in [1.807, 2.05) is 36.4 Å². The summed E-state index contributed by atoms with van der Waals surface area (Å²) >= 11 is 0. The molecule has 0 amide bonds. The molecule has 1 unspecified atom stereocenters. The van der Waals surface area contributed by atoms with Crippen LogP contribution in [0.3, 0.4) is 0 Å². The average Bonchev–Trinajstić information content (AvgIpc) is 2.60. The first-order valence-electron chi connectivity index (χ1n) is 8.28. The lowest BCUT2D eigenvalue weighted by Gasteiger charge is -2.29. The molecule has 3 rings (SSSR count). The summed E-state index contributed by atoms with van der Waals surface area (Å²) in [7, 11) is 0. The number of benzene rings is 2. The number of aliphatic hydroxyl groups excluding tert-OH is 1. The molecule has 0 saturated carbocycles. The summed E-state index contributed by atoms with van der Waals surface area (Å²) in [5.41, 5.74) is 9.76. The van der Waals surface area contributed by atoms with Crippen molar-refractivity contribution < 1.29 is 5.11 Å². The third-order valence-electron chi connectivity index (χ3n) is 4.47. The molecule has 0 bridgehead atoms. The first-order valence-corrected chi connectivity index (χ1v) is 8.28. The number of anilines is 1. The molecule has 1 heterocycles.